The van der Waals surface area contributed by atoms with E-state index in [1.807, 2.05) is 27.2 Å². The fourth-order valence-corrected chi connectivity index (χ4v) is 11.8. The van der Waals surface area contributed by atoms with Crippen LogP contribution in [0.4, 0.5) is 0 Å². The van der Waals surface area contributed by atoms with Crippen LogP contribution in [0.1, 0.15) is 341 Å². The van der Waals surface area contributed by atoms with E-state index in [0.717, 1.165) is 96.3 Å². The monoisotopic (exact) mass is 1310 g/mol. The Labute approximate surface area is 576 Å². The van der Waals surface area contributed by atoms with Crippen molar-refractivity contribution in [3.8, 4) is 0 Å². The molecule has 3 unspecified atom stereocenters. The number of aliphatic hydroxyl groups is 1. The number of rotatable bonds is 71. The molecule has 0 aromatic rings. The van der Waals surface area contributed by atoms with Crippen molar-refractivity contribution in [1.29, 1.82) is 0 Å². The highest BCUT2D eigenvalue weighted by atomic mass is 31.2. The minimum Gasteiger partial charge on any atom is -0.387 e. The van der Waals surface area contributed by atoms with E-state index in [2.05, 4.69) is 141 Å². The van der Waals surface area contributed by atoms with Gasteiger partial charge < -0.3 is 19.8 Å². The molecule has 0 radical (unpaired) electrons. The van der Waals surface area contributed by atoms with Crippen molar-refractivity contribution in [2.24, 2.45) is 0 Å². The van der Waals surface area contributed by atoms with Crippen LogP contribution in [0, 0.1) is 0 Å². The molecule has 93 heavy (non-hydrogen) atoms. The molecule has 0 bridgehead atoms. The first-order valence-corrected chi connectivity index (χ1v) is 40.6. The fourth-order valence-electron chi connectivity index (χ4n) is 11.1. The topological polar surface area (TPSA) is 105 Å². The van der Waals surface area contributed by atoms with Crippen molar-refractivity contribution >= 4 is 13.7 Å². The zero-order valence-corrected chi connectivity index (χ0v) is 62.4. The molecule has 3 N–H and O–H groups in total. The Morgan fingerprint density at radius 1 is 0.376 bits per heavy atom. The zero-order valence-electron chi connectivity index (χ0n) is 61.5. The number of hydrogen-bond acceptors (Lipinski definition) is 5. The number of nitrogens with one attached hydrogen (secondary N) is 1. The SMILES string of the molecule is CC/C=C\C/C=C\C/C=C\C/C=C\C/C=C\C/C=C\C/C=C\C/C=C\C/C=C\CCCCCCCCCCCCCCCC(=O)NC(COP(=O)(O)OCC[N+](C)(C)C)C(O)/C=C/CC/C=C/CCCCCCCCCCCCCCCCCCCCCCCCCC. The van der Waals surface area contributed by atoms with Crippen LogP contribution < -0.4 is 5.32 Å². The van der Waals surface area contributed by atoms with Crippen LogP contribution >= 0.6 is 7.82 Å². The minimum atomic E-state index is -4.37. The van der Waals surface area contributed by atoms with Crippen molar-refractivity contribution in [2.75, 3.05) is 40.9 Å². The van der Waals surface area contributed by atoms with Gasteiger partial charge in [0.1, 0.15) is 13.2 Å². The average Bonchev–Trinajstić information content (AvgIpc) is 2.75. The molecular weight excluding hydrogens is 1160 g/mol. The number of nitrogens with zero attached hydrogens (tertiary/aromatic N) is 1. The molecule has 8 nitrogen and oxygen atoms in total. The van der Waals surface area contributed by atoms with Gasteiger partial charge in [-0.15, -0.1) is 0 Å². The highest BCUT2D eigenvalue weighted by Crippen LogP contribution is 2.43. The Hall–Kier alpha value is -3.36. The predicted octanol–water partition coefficient (Wildman–Crippen LogP) is 25.7. The summed E-state index contributed by atoms with van der Waals surface area (Å²) in [7, 11) is 1.55. The van der Waals surface area contributed by atoms with E-state index in [1.165, 1.54) is 225 Å². The highest BCUT2D eigenvalue weighted by molar-refractivity contribution is 7.47. The van der Waals surface area contributed by atoms with Crippen LogP contribution in [0.3, 0.4) is 0 Å². The highest BCUT2D eigenvalue weighted by Gasteiger charge is 2.28. The van der Waals surface area contributed by atoms with Gasteiger partial charge >= 0.3 is 7.82 Å². The van der Waals surface area contributed by atoms with Gasteiger partial charge in [-0.2, -0.15) is 0 Å². The second-order valence-corrected chi connectivity index (χ2v) is 28.8. The molecule has 0 fully saturated rings. The van der Waals surface area contributed by atoms with Crippen molar-refractivity contribution in [2.45, 2.75) is 353 Å². The largest absolute Gasteiger partial charge is 0.472 e. The van der Waals surface area contributed by atoms with Gasteiger partial charge in [0.2, 0.25) is 5.91 Å². The second-order valence-electron chi connectivity index (χ2n) is 27.3. The Kier molecular flexibility index (Phi) is 70.3. The van der Waals surface area contributed by atoms with E-state index in [-0.39, 0.29) is 19.1 Å². The fraction of sp³-hybridized carbons (Fsp3) is 0.726. The van der Waals surface area contributed by atoms with Crippen LogP contribution in [0.25, 0.3) is 0 Å². The third-order valence-corrected chi connectivity index (χ3v) is 18.1. The number of amides is 1. The summed E-state index contributed by atoms with van der Waals surface area (Å²) in [5, 5.41) is 14.0. The molecule has 0 saturated heterocycles. The molecular formula is C84H150N2O6P+. The first kappa shape index (κ1) is 89.6. The van der Waals surface area contributed by atoms with Crippen molar-refractivity contribution in [3.63, 3.8) is 0 Å². The van der Waals surface area contributed by atoms with Gasteiger partial charge in [0, 0.05) is 6.42 Å². The zero-order chi connectivity index (χ0) is 67.6. The number of likely N-dealkylation sites (N-methyl/N-ethyl adjacent to an activating group) is 1. The number of aliphatic hydroxyl groups excluding tert-OH is 1. The summed E-state index contributed by atoms with van der Waals surface area (Å²) >= 11 is 0. The summed E-state index contributed by atoms with van der Waals surface area (Å²) in [5.41, 5.74) is 0. The maximum Gasteiger partial charge on any atom is 0.472 e. The molecule has 0 saturated carbocycles. The number of carbonyl (C=O) groups excluding carboxylic acids is 1. The van der Waals surface area contributed by atoms with Gasteiger partial charge in [-0.1, -0.05) is 366 Å². The summed E-state index contributed by atoms with van der Waals surface area (Å²) in [4.78, 5) is 23.5. The number of hydrogen-bond donors (Lipinski definition) is 3. The van der Waals surface area contributed by atoms with Crippen molar-refractivity contribution in [1.82, 2.24) is 5.32 Å². The van der Waals surface area contributed by atoms with E-state index >= 15 is 0 Å². The van der Waals surface area contributed by atoms with Gasteiger partial charge in [0.25, 0.3) is 0 Å². The summed E-state index contributed by atoms with van der Waals surface area (Å²) in [5.74, 6) is -0.189. The van der Waals surface area contributed by atoms with Crippen LogP contribution in [0.5, 0.6) is 0 Å². The van der Waals surface area contributed by atoms with Crippen LogP contribution in [-0.2, 0) is 18.4 Å². The van der Waals surface area contributed by atoms with E-state index in [9.17, 15) is 19.4 Å². The number of phosphoric ester groups is 1. The number of quaternary nitrogens is 1. The maximum atomic E-state index is 13.1. The first-order valence-electron chi connectivity index (χ1n) is 39.1. The van der Waals surface area contributed by atoms with E-state index < -0.39 is 20.0 Å². The molecule has 1 amide bonds. The molecule has 0 aliphatic rings. The van der Waals surface area contributed by atoms with Gasteiger partial charge in [-0.25, -0.2) is 4.57 Å². The molecule has 0 spiro atoms. The van der Waals surface area contributed by atoms with Crippen molar-refractivity contribution in [3.05, 3.63) is 134 Å². The average molecular weight is 1320 g/mol. The summed E-state index contributed by atoms with van der Waals surface area (Å²) in [6.07, 6.45) is 111. The Morgan fingerprint density at radius 2 is 0.656 bits per heavy atom. The molecule has 0 heterocycles. The number of phosphoric acid groups is 1. The molecule has 0 aromatic carbocycles. The maximum absolute atomic E-state index is 13.1. The lowest BCUT2D eigenvalue weighted by Crippen LogP contribution is -2.45. The van der Waals surface area contributed by atoms with Gasteiger partial charge in [-0.3, -0.25) is 13.8 Å². The quantitative estimate of drug-likeness (QED) is 0.0243. The molecule has 0 rings (SSSR count). The molecule has 0 aromatic heterocycles. The van der Waals surface area contributed by atoms with Crippen LogP contribution in [0.2, 0.25) is 0 Å². The molecule has 9 heteroatoms. The van der Waals surface area contributed by atoms with Gasteiger partial charge in [-0.05, 0) is 103 Å². The molecule has 0 aliphatic carbocycles. The predicted molar refractivity (Wildman–Crippen MR) is 410 cm³/mol. The third-order valence-electron chi connectivity index (χ3n) is 17.1. The molecule has 536 valence electrons. The summed E-state index contributed by atoms with van der Waals surface area (Å²) in [6, 6.07) is -0.874. The number of unbranched alkanes of at least 4 members (excludes halogenated alkanes) is 38. The Balaban J connectivity index is 4.07. The molecule has 3 atom stereocenters. The minimum absolute atomic E-state index is 0.0515. The van der Waals surface area contributed by atoms with E-state index in [0.29, 0.717) is 17.4 Å². The Morgan fingerprint density at radius 3 is 0.989 bits per heavy atom. The third kappa shape index (κ3) is 75.9. The summed E-state index contributed by atoms with van der Waals surface area (Å²) in [6.45, 7) is 4.71. The lowest BCUT2D eigenvalue weighted by molar-refractivity contribution is -0.870. The number of allylic oxidation sites excluding steroid dienone is 21. The molecule has 0 aliphatic heterocycles. The lowest BCUT2D eigenvalue weighted by Gasteiger charge is -2.25. The summed E-state index contributed by atoms with van der Waals surface area (Å²) < 4.78 is 23.8. The Bertz CT molecular complexity index is 1990. The first-order chi connectivity index (χ1) is 45.5. The van der Waals surface area contributed by atoms with E-state index in [1.54, 1.807) is 6.08 Å². The van der Waals surface area contributed by atoms with E-state index in [4.69, 9.17) is 9.05 Å². The van der Waals surface area contributed by atoms with Gasteiger partial charge in [0.15, 0.2) is 0 Å². The van der Waals surface area contributed by atoms with Gasteiger partial charge in [0.05, 0.1) is 39.9 Å². The van der Waals surface area contributed by atoms with Crippen molar-refractivity contribution < 1.29 is 32.9 Å². The van der Waals surface area contributed by atoms with Crippen LogP contribution in [0.15, 0.2) is 134 Å². The van der Waals surface area contributed by atoms with Crippen LogP contribution in [-0.4, -0.2) is 73.4 Å². The standard InChI is InChI=1S/C84H149N2O6P/c1-6-8-10-12-14-16-18-20-22-24-26-28-30-32-34-36-38-39-40-41-42-43-44-45-46-47-48-50-52-54-56-58-60-62-64-66-68-70-72-74-76-78-84(88)85-82(81-92-93(89,90)91-80-79-86(3,4)5)83(87)77-75-73-71-69-67-65-63-61-59-57-55-53-51-49-37-35-33-31-29-27-25-23-21-19-17-15-13-11-9-7-2/h8,10,14,16,20,22,26,28,32,34,38-39,41-42,44-45,47-48,67,69,75,77,82-83,87H,6-7,9,11-13,15,17-19,21,23-25,27,29-31,33,35-37,40,43,46,49-66,68,70-74,76,78-81H2,1-5H3,(H-,85,88,89,90)/p+1/b10-8-,16-14-,22-20-,28-26-,34-32-,39-38-,42-41-,45-44-,48-47-,69-67+,77-75+. The number of carbonyl (C=O) groups is 1. The smallest absolute Gasteiger partial charge is 0.387 e. The normalized spacial score (nSPS) is 14.3. The lowest BCUT2D eigenvalue weighted by atomic mass is 10.0. The second kappa shape index (κ2) is 72.9.